The van der Waals surface area contributed by atoms with E-state index in [0.29, 0.717) is 61.4 Å². The summed E-state index contributed by atoms with van der Waals surface area (Å²) in [5.41, 5.74) is 6.86. The zero-order valence-corrected chi connectivity index (χ0v) is 33.8. The lowest BCUT2D eigenvalue weighted by Crippen LogP contribution is -2.53. The Bertz CT molecular complexity index is 2790. The van der Waals surface area contributed by atoms with Crippen LogP contribution in [0.5, 0.6) is 11.5 Å². The molecule has 10 rings (SSSR count). The first-order chi connectivity index (χ1) is 29.0. The van der Waals surface area contributed by atoms with Crippen LogP contribution in [0.2, 0.25) is 10.0 Å². The number of aryl methyl sites for hydroxylation is 1. The van der Waals surface area contributed by atoms with Crippen molar-refractivity contribution < 1.29 is 33.4 Å². The molecule has 5 aromatic carbocycles. The predicted molar refractivity (Wildman–Crippen MR) is 225 cm³/mol. The molecule has 11 nitrogen and oxygen atoms in total. The number of para-hydroxylation sites is 2. The number of rotatable bonds is 7. The number of benzene rings is 5. The second-order valence-corrected chi connectivity index (χ2v) is 16.6. The molecule has 4 aliphatic rings. The topological polar surface area (TPSA) is 142 Å². The van der Waals surface area contributed by atoms with Gasteiger partial charge >= 0.3 is 0 Å². The van der Waals surface area contributed by atoms with Crippen LogP contribution in [0.25, 0.3) is 22.6 Å². The number of phenols is 1. The number of carbonyl (C=O) groups is 4. The highest BCUT2D eigenvalue weighted by Crippen LogP contribution is 2.64. The number of hydrogen-bond donors (Lipinski definition) is 2. The number of anilines is 2. The van der Waals surface area contributed by atoms with Gasteiger partial charge in [-0.25, -0.2) is 4.98 Å². The highest BCUT2D eigenvalue weighted by atomic mass is 35.5. The molecule has 4 amide bonds. The molecule has 6 atom stereocenters. The molecule has 2 aliphatic heterocycles. The number of halogens is 2. The number of methoxy groups -OCH3 is 1. The van der Waals surface area contributed by atoms with E-state index in [1.807, 2.05) is 36.4 Å². The van der Waals surface area contributed by atoms with Gasteiger partial charge in [0, 0.05) is 16.5 Å². The highest BCUT2D eigenvalue weighted by molar-refractivity contribution is 6.36. The minimum Gasteiger partial charge on any atom is -0.508 e. The van der Waals surface area contributed by atoms with Crippen LogP contribution in [0.3, 0.4) is 0 Å². The number of aromatic nitrogens is 1. The second-order valence-electron chi connectivity index (χ2n) is 15.8. The Morgan fingerprint density at radius 2 is 1.63 bits per heavy atom. The van der Waals surface area contributed by atoms with Crippen LogP contribution in [0.4, 0.5) is 11.4 Å². The number of fused-ring (bicyclic) bond motifs is 5. The predicted octanol–water partition coefficient (Wildman–Crippen LogP) is 9.01. The maximum atomic E-state index is 15.5. The summed E-state index contributed by atoms with van der Waals surface area (Å²) in [6.07, 6.45) is 2.35. The van der Waals surface area contributed by atoms with Crippen molar-refractivity contribution in [1.29, 1.82) is 0 Å². The van der Waals surface area contributed by atoms with Crippen LogP contribution in [-0.2, 0) is 24.6 Å². The van der Waals surface area contributed by atoms with Gasteiger partial charge in [0.1, 0.15) is 17.0 Å². The van der Waals surface area contributed by atoms with Crippen molar-refractivity contribution in [2.45, 2.75) is 31.1 Å². The van der Waals surface area contributed by atoms with Crippen LogP contribution in [-0.4, -0.2) is 45.8 Å². The van der Waals surface area contributed by atoms with Crippen LogP contribution in [0, 0.1) is 30.6 Å². The Balaban J connectivity index is 1.09. The molecule has 6 unspecified atom stereocenters. The van der Waals surface area contributed by atoms with Gasteiger partial charge in [0.2, 0.25) is 17.7 Å². The van der Waals surface area contributed by atoms with Crippen molar-refractivity contribution in [1.82, 2.24) is 9.99 Å². The average Bonchev–Trinajstić information content (AvgIpc) is 3.87. The van der Waals surface area contributed by atoms with Crippen molar-refractivity contribution in [2.24, 2.45) is 23.7 Å². The zero-order chi connectivity index (χ0) is 41.6. The number of hydrazine groups is 1. The maximum absolute atomic E-state index is 15.5. The third-order valence-electron chi connectivity index (χ3n) is 12.8. The number of amides is 4. The maximum Gasteiger partial charge on any atom is 0.260 e. The molecule has 2 aliphatic carbocycles. The zero-order valence-electron chi connectivity index (χ0n) is 32.3. The van der Waals surface area contributed by atoms with Crippen molar-refractivity contribution in [3.8, 4) is 23.0 Å². The molecular formula is C47H36Cl2N4O7. The molecule has 3 fully saturated rings. The first kappa shape index (κ1) is 37.8. The molecule has 6 aromatic rings. The number of imide groups is 2. The van der Waals surface area contributed by atoms with E-state index in [1.165, 1.54) is 11.0 Å². The fraction of sp³-hybridized carbons (Fsp3) is 0.213. The summed E-state index contributed by atoms with van der Waals surface area (Å²) in [7, 11) is 1.55. The van der Waals surface area contributed by atoms with Gasteiger partial charge in [-0.1, -0.05) is 71.2 Å². The van der Waals surface area contributed by atoms with E-state index < -0.39 is 46.8 Å². The van der Waals surface area contributed by atoms with Gasteiger partial charge in [-0.2, -0.15) is 5.01 Å². The van der Waals surface area contributed by atoms with Crippen LogP contribution >= 0.6 is 23.2 Å². The van der Waals surface area contributed by atoms with E-state index >= 15 is 9.59 Å². The first-order valence-corrected chi connectivity index (χ1v) is 20.3. The second kappa shape index (κ2) is 14.1. The van der Waals surface area contributed by atoms with Crippen molar-refractivity contribution in [3.63, 3.8) is 0 Å². The average molecular weight is 840 g/mol. The lowest BCUT2D eigenvalue weighted by atomic mass is 9.49. The van der Waals surface area contributed by atoms with E-state index in [4.69, 9.17) is 32.4 Å². The fourth-order valence-corrected chi connectivity index (χ4v) is 10.5. The van der Waals surface area contributed by atoms with E-state index in [-0.39, 0.29) is 35.4 Å². The number of allylic oxidation sites excluding steroid dienone is 2. The fourth-order valence-electron chi connectivity index (χ4n) is 10.1. The Hall–Kier alpha value is -6.43. The summed E-state index contributed by atoms with van der Waals surface area (Å²) >= 11 is 12.8. The summed E-state index contributed by atoms with van der Waals surface area (Å²) in [6, 6.07) is 31.4. The number of nitrogens with zero attached hydrogens (tertiary/aromatic N) is 3. The molecule has 60 heavy (non-hydrogen) atoms. The largest absolute Gasteiger partial charge is 0.508 e. The van der Waals surface area contributed by atoms with E-state index in [0.717, 1.165) is 10.6 Å². The Labute approximate surface area is 354 Å². The number of ether oxygens (including phenoxy) is 1. The van der Waals surface area contributed by atoms with E-state index in [1.54, 1.807) is 86.8 Å². The number of oxazole rings is 1. The third-order valence-corrected chi connectivity index (χ3v) is 13.3. The van der Waals surface area contributed by atoms with Crippen LogP contribution in [0.1, 0.15) is 35.4 Å². The molecule has 3 heterocycles. The van der Waals surface area contributed by atoms with Gasteiger partial charge < -0.3 is 14.3 Å². The molecule has 300 valence electrons. The quantitative estimate of drug-likeness (QED) is 0.119. The first-order valence-electron chi connectivity index (χ1n) is 19.6. The lowest BCUT2D eigenvalue weighted by molar-refractivity contribution is -0.138. The highest BCUT2D eigenvalue weighted by Gasteiger charge is 2.70. The molecule has 0 bridgehead atoms. The SMILES string of the molecule is COc1ccc(C23C(=O)N(Nc4ccc(Cl)cc4Cl)C(=O)C2CC2C(=CCC4C(=O)N(c5ccc(-c6nc7ccccc7o6)cc5)C(=O)C42)C3c2ccc(O)c(C)c2)cc1. The van der Waals surface area contributed by atoms with E-state index in [2.05, 4.69) is 10.4 Å². The Morgan fingerprint density at radius 1 is 0.867 bits per heavy atom. The summed E-state index contributed by atoms with van der Waals surface area (Å²) in [6.45, 7) is 1.77. The molecular weight excluding hydrogens is 803 g/mol. The minimum absolute atomic E-state index is 0.0719. The smallest absolute Gasteiger partial charge is 0.260 e. The Morgan fingerprint density at radius 3 is 2.35 bits per heavy atom. The molecule has 0 spiro atoms. The summed E-state index contributed by atoms with van der Waals surface area (Å²) in [5.74, 6) is -4.52. The number of nitrogens with one attached hydrogen (secondary N) is 1. The van der Waals surface area contributed by atoms with Crippen molar-refractivity contribution >= 4 is 69.3 Å². The number of carbonyl (C=O) groups excluding carboxylic acids is 4. The van der Waals surface area contributed by atoms with Gasteiger partial charge in [0.25, 0.3) is 11.8 Å². The Kier molecular flexibility index (Phi) is 8.89. The summed E-state index contributed by atoms with van der Waals surface area (Å²) < 4.78 is 11.5. The number of phenolic OH excluding ortho intramolecular Hbond substituents is 1. The van der Waals surface area contributed by atoms with Gasteiger partial charge in [-0.05, 0) is 115 Å². The van der Waals surface area contributed by atoms with Crippen molar-refractivity contribution in [3.05, 3.63) is 148 Å². The van der Waals surface area contributed by atoms with Crippen LogP contribution in [0.15, 0.2) is 125 Å². The molecule has 2 saturated heterocycles. The van der Waals surface area contributed by atoms with Crippen molar-refractivity contribution in [2.75, 3.05) is 17.4 Å². The molecule has 2 N–H and O–H groups in total. The normalized spacial score (nSPS) is 24.7. The number of aromatic hydroxyl groups is 1. The van der Waals surface area contributed by atoms with Gasteiger partial charge in [0.15, 0.2) is 5.58 Å². The third kappa shape index (κ3) is 5.59. The lowest BCUT2D eigenvalue weighted by Gasteiger charge is -2.50. The van der Waals surface area contributed by atoms with Gasteiger partial charge in [-0.15, -0.1) is 0 Å². The summed E-state index contributed by atoms with van der Waals surface area (Å²) in [5, 5.41) is 12.3. The molecule has 1 saturated carbocycles. The molecule has 0 radical (unpaired) electrons. The molecule has 13 heteroatoms. The van der Waals surface area contributed by atoms with E-state index in [9.17, 15) is 14.7 Å². The van der Waals surface area contributed by atoms with Gasteiger partial charge in [-0.3, -0.25) is 29.5 Å². The van der Waals surface area contributed by atoms with Crippen LogP contribution < -0.4 is 15.1 Å². The monoisotopic (exact) mass is 838 g/mol. The minimum atomic E-state index is -1.53. The summed E-state index contributed by atoms with van der Waals surface area (Å²) in [4.78, 5) is 65.6. The standard InChI is InChI=1S/C47H36Cl2N4O7/c1-24-21-26(9-20-38(24)54)41-31-17-18-32-40(45(57)52(43(32)55)29-13-7-25(8-14-29)42-50-37-5-3-4-6-39(37)60-42)33(31)23-34-44(56)53(51-36-19-12-28(48)22-35(36)49)46(58)47(34,41)27-10-15-30(59-2)16-11-27/h3-17,19-22,32-34,40-41,51,54H,18,23H2,1-2H3. The van der Waals surface area contributed by atoms with Gasteiger partial charge in [0.05, 0.1) is 46.7 Å². The molecule has 1 aromatic heterocycles. The number of hydrogen-bond acceptors (Lipinski definition) is 9.